The van der Waals surface area contributed by atoms with Gasteiger partial charge in [-0.15, -0.1) is 11.6 Å². The van der Waals surface area contributed by atoms with Crippen molar-refractivity contribution >= 4 is 27.3 Å². The minimum absolute atomic E-state index is 0.0934. The molecule has 1 amide bonds. The Bertz CT molecular complexity index is 439. The maximum Gasteiger partial charge on any atom is 0.241 e. The number of alkyl halides is 1. The van der Waals surface area contributed by atoms with E-state index < -0.39 is 15.1 Å². The zero-order valence-electron chi connectivity index (χ0n) is 11.0. The van der Waals surface area contributed by atoms with Gasteiger partial charge in [0.1, 0.15) is 5.25 Å². The van der Waals surface area contributed by atoms with Gasteiger partial charge in [0, 0.05) is 6.54 Å². The molecule has 3 unspecified atom stereocenters. The molecule has 0 aromatic heterocycles. The van der Waals surface area contributed by atoms with Crippen LogP contribution >= 0.6 is 11.6 Å². The molecule has 5 nitrogen and oxygen atoms in total. The van der Waals surface area contributed by atoms with E-state index in [0.717, 1.165) is 6.42 Å². The van der Waals surface area contributed by atoms with Gasteiger partial charge in [0.05, 0.1) is 30.4 Å². The molecule has 0 aromatic carbocycles. The van der Waals surface area contributed by atoms with Crippen LogP contribution in [0.2, 0.25) is 0 Å². The van der Waals surface area contributed by atoms with Gasteiger partial charge in [-0.05, 0) is 19.8 Å². The fourth-order valence-electron chi connectivity index (χ4n) is 2.63. The summed E-state index contributed by atoms with van der Waals surface area (Å²) in [6.45, 7) is 2.67. The summed E-state index contributed by atoms with van der Waals surface area (Å²) in [5.74, 6) is 0.167. The summed E-state index contributed by atoms with van der Waals surface area (Å²) in [5.41, 5.74) is 0. The van der Waals surface area contributed by atoms with Crippen LogP contribution in [0.3, 0.4) is 0 Å². The maximum absolute atomic E-state index is 12.5. The number of hydrogen-bond acceptors (Lipinski definition) is 4. The summed E-state index contributed by atoms with van der Waals surface area (Å²) in [6.07, 6.45) is 1.70. The largest absolute Gasteiger partial charge is 0.373 e. The highest BCUT2D eigenvalue weighted by Gasteiger charge is 2.40. The van der Waals surface area contributed by atoms with E-state index in [0.29, 0.717) is 31.9 Å². The molecule has 2 aliphatic heterocycles. The van der Waals surface area contributed by atoms with E-state index in [9.17, 15) is 13.2 Å². The molecule has 2 rings (SSSR count). The Kier molecular flexibility index (Phi) is 4.74. The lowest BCUT2D eigenvalue weighted by atomic mass is 10.1. The highest BCUT2D eigenvalue weighted by molar-refractivity contribution is 7.92. The van der Waals surface area contributed by atoms with Crippen LogP contribution in [0.15, 0.2) is 0 Å². The number of halogens is 1. The number of morpholine rings is 1. The second kappa shape index (κ2) is 5.97. The third-order valence-electron chi connectivity index (χ3n) is 3.81. The van der Waals surface area contributed by atoms with Crippen molar-refractivity contribution in [1.82, 2.24) is 4.90 Å². The van der Waals surface area contributed by atoms with E-state index in [2.05, 4.69) is 0 Å². The van der Waals surface area contributed by atoms with Gasteiger partial charge in [-0.2, -0.15) is 0 Å². The minimum Gasteiger partial charge on any atom is -0.373 e. The number of sulfone groups is 1. The Balaban J connectivity index is 2.13. The summed E-state index contributed by atoms with van der Waals surface area (Å²) < 4.78 is 29.5. The molecule has 110 valence electrons. The molecule has 0 N–H and O–H groups in total. The molecular weight excluding hydrogens is 290 g/mol. The van der Waals surface area contributed by atoms with Crippen LogP contribution in [0.4, 0.5) is 0 Å². The van der Waals surface area contributed by atoms with Crippen molar-refractivity contribution < 1.29 is 17.9 Å². The van der Waals surface area contributed by atoms with Crippen LogP contribution in [0.25, 0.3) is 0 Å². The number of ether oxygens (including phenoxy) is 1. The monoisotopic (exact) mass is 309 g/mol. The number of rotatable bonds is 2. The lowest BCUT2D eigenvalue weighted by molar-refractivity contribution is -0.142. The number of nitrogens with zero attached hydrogens (tertiary/aromatic N) is 1. The molecular formula is C12H20ClNO4S. The summed E-state index contributed by atoms with van der Waals surface area (Å²) >= 11 is 5.76. The third-order valence-corrected chi connectivity index (χ3v) is 6.32. The Morgan fingerprint density at radius 2 is 2.16 bits per heavy atom. The molecule has 0 aliphatic carbocycles. The summed E-state index contributed by atoms with van der Waals surface area (Å²) in [6, 6.07) is -0.0934. The van der Waals surface area contributed by atoms with Gasteiger partial charge in [0.2, 0.25) is 5.91 Å². The van der Waals surface area contributed by atoms with Gasteiger partial charge >= 0.3 is 0 Å². The molecule has 0 spiro atoms. The van der Waals surface area contributed by atoms with Crippen molar-refractivity contribution in [1.29, 1.82) is 0 Å². The standard InChI is InChI=1S/C12H20ClNO4S/c1-9-8-18-10(6-13)7-14(9)12(15)11-4-2-3-5-19(11,16)17/h9-11H,2-8H2,1H3. The predicted molar refractivity (Wildman–Crippen MR) is 73.1 cm³/mol. The first kappa shape index (κ1) is 15.1. The Labute approximate surface area is 119 Å². The number of amides is 1. The molecule has 7 heteroatoms. The molecule has 0 saturated carbocycles. The first-order valence-electron chi connectivity index (χ1n) is 6.65. The van der Waals surface area contributed by atoms with Gasteiger partial charge in [0.25, 0.3) is 0 Å². The Morgan fingerprint density at radius 1 is 1.42 bits per heavy atom. The number of hydrogen-bond donors (Lipinski definition) is 0. The highest BCUT2D eigenvalue weighted by Crippen LogP contribution is 2.24. The first-order chi connectivity index (χ1) is 8.95. The predicted octanol–water partition coefficient (Wildman–Crippen LogP) is 0.808. The average molecular weight is 310 g/mol. The molecule has 19 heavy (non-hydrogen) atoms. The fourth-order valence-corrected chi connectivity index (χ4v) is 4.68. The van der Waals surface area contributed by atoms with Crippen LogP contribution < -0.4 is 0 Å². The highest BCUT2D eigenvalue weighted by atomic mass is 35.5. The molecule has 2 aliphatic rings. The second-order valence-corrected chi connectivity index (χ2v) is 7.91. The van der Waals surface area contributed by atoms with Gasteiger partial charge in [-0.1, -0.05) is 6.42 Å². The molecule has 2 saturated heterocycles. The summed E-state index contributed by atoms with van der Waals surface area (Å²) in [5, 5.41) is -0.863. The zero-order valence-corrected chi connectivity index (χ0v) is 12.6. The van der Waals surface area contributed by atoms with E-state index in [4.69, 9.17) is 16.3 Å². The van der Waals surface area contributed by atoms with Crippen LogP contribution in [0.5, 0.6) is 0 Å². The third kappa shape index (κ3) is 3.23. The van der Waals surface area contributed by atoms with Gasteiger partial charge in [-0.25, -0.2) is 8.42 Å². The number of carbonyl (C=O) groups excluding carboxylic acids is 1. The van der Waals surface area contributed by atoms with Gasteiger partial charge < -0.3 is 9.64 Å². The molecule has 0 bridgehead atoms. The topological polar surface area (TPSA) is 63.7 Å². The van der Waals surface area contributed by atoms with E-state index >= 15 is 0 Å². The molecule has 2 heterocycles. The summed E-state index contributed by atoms with van der Waals surface area (Å²) in [7, 11) is -3.28. The van der Waals surface area contributed by atoms with Crippen molar-refractivity contribution in [2.45, 2.75) is 43.6 Å². The fraction of sp³-hybridized carbons (Fsp3) is 0.917. The second-order valence-electron chi connectivity index (χ2n) is 5.30. The van der Waals surface area contributed by atoms with Crippen LogP contribution in [0, 0.1) is 0 Å². The van der Waals surface area contributed by atoms with Gasteiger partial charge in [0.15, 0.2) is 9.84 Å². The number of carbonyl (C=O) groups is 1. The normalized spacial score (nSPS) is 35.1. The van der Waals surface area contributed by atoms with Crippen molar-refractivity contribution in [2.75, 3.05) is 24.8 Å². The summed E-state index contributed by atoms with van der Waals surface area (Å²) in [4.78, 5) is 14.1. The minimum atomic E-state index is -3.28. The Morgan fingerprint density at radius 3 is 2.79 bits per heavy atom. The van der Waals surface area contributed by atoms with Crippen molar-refractivity contribution in [2.24, 2.45) is 0 Å². The molecule has 3 atom stereocenters. The molecule has 0 aromatic rings. The zero-order chi connectivity index (χ0) is 14.0. The Hall–Kier alpha value is -0.330. The van der Waals surface area contributed by atoms with Crippen LogP contribution in [-0.2, 0) is 19.4 Å². The van der Waals surface area contributed by atoms with Crippen molar-refractivity contribution in [3.8, 4) is 0 Å². The van der Waals surface area contributed by atoms with Crippen molar-refractivity contribution in [3.63, 3.8) is 0 Å². The molecule has 0 radical (unpaired) electrons. The van der Waals surface area contributed by atoms with E-state index in [1.54, 1.807) is 4.90 Å². The van der Waals surface area contributed by atoms with Crippen molar-refractivity contribution in [3.05, 3.63) is 0 Å². The quantitative estimate of drug-likeness (QED) is 0.708. The van der Waals surface area contributed by atoms with E-state index in [1.807, 2.05) is 6.92 Å². The van der Waals surface area contributed by atoms with E-state index in [1.165, 1.54) is 0 Å². The lowest BCUT2D eigenvalue weighted by Gasteiger charge is -2.39. The van der Waals surface area contributed by atoms with Crippen LogP contribution in [0.1, 0.15) is 26.2 Å². The smallest absolute Gasteiger partial charge is 0.241 e. The SMILES string of the molecule is CC1COC(CCl)CN1C(=O)C1CCCCS1(=O)=O. The van der Waals surface area contributed by atoms with E-state index in [-0.39, 0.29) is 23.8 Å². The lowest BCUT2D eigenvalue weighted by Crippen LogP contribution is -2.56. The van der Waals surface area contributed by atoms with Crippen LogP contribution in [-0.4, -0.2) is 61.4 Å². The van der Waals surface area contributed by atoms with Gasteiger partial charge in [-0.3, -0.25) is 4.79 Å². The first-order valence-corrected chi connectivity index (χ1v) is 8.90. The maximum atomic E-state index is 12.5. The molecule has 2 fully saturated rings. The average Bonchev–Trinajstić information content (AvgIpc) is 2.38.